The summed E-state index contributed by atoms with van der Waals surface area (Å²) in [6.07, 6.45) is 1.68. The monoisotopic (exact) mass is 378 g/mol. The van der Waals surface area contributed by atoms with E-state index in [9.17, 15) is 4.21 Å². The Labute approximate surface area is 139 Å². The van der Waals surface area contributed by atoms with Crippen LogP contribution in [0.3, 0.4) is 0 Å². The van der Waals surface area contributed by atoms with Crippen LogP contribution in [0.1, 0.15) is 0 Å². The molecule has 0 aliphatic heterocycles. The topological polar surface area (TPSA) is 17.1 Å². The van der Waals surface area contributed by atoms with Gasteiger partial charge in [-0.2, -0.15) is 0 Å². The molecule has 1 unspecified atom stereocenters. The summed E-state index contributed by atoms with van der Waals surface area (Å²) in [7, 11) is -1.08. The first-order valence-corrected chi connectivity index (χ1v) is 9.11. The minimum absolute atomic E-state index is 0.660. The van der Waals surface area contributed by atoms with Crippen LogP contribution in [0.25, 0.3) is 21.9 Å². The van der Waals surface area contributed by atoms with E-state index in [1.807, 2.05) is 48.5 Å². The Balaban J connectivity index is 2.35. The maximum absolute atomic E-state index is 12.0. The molecule has 1 nitrogen and oxygen atoms in total. The molecule has 4 heteroatoms. The Kier molecular flexibility index (Phi) is 4.16. The highest BCUT2D eigenvalue weighted by atomic mass is 79.9. The molecule has 3 aromatic carbocycles. The molecular weight excluding hydrogens is 368 g/mol. The van der Waals surface area contributed by atoms with Crippen LogP contribution in [0.15, 0.2) is 64.0 Å². The zero-order valence-corrected chi connectivity index (χ0v) is 14.4. The first-order chi connectivity index (χ1) is 10.1. The zero-order valence-electron chi connectivity index (χ0n) is 11.3. The number of hydrogen-bond donors (Lipinski definition) is 0. The van der Waals surface area contributed by atoms with E-state index in [2.05, 4.69) is 22.0 Å². The number of benzene rings is 3. The van der Waals surface area contributed by atoms with Gasteiger partial charge in [-0.15, -0.1) is 0 Å². The van der Waals surface area contributed by atoms with Crippen LogP contribution >= 0.6 is 27.5 Å². The summed E-state index contributed by atoms with van der Waals surface area (Å²) in [6.45, 7) is 0. The largest absolute Gasteiger partial charge is 0.255 e. The Morgan fingerprint density at radius 2 is 1.67 bits per heavy atom. The van der Waals surface area contributed by atoms with Crippen LogP contribution in [-0.2, 0) is 10.8 Å². The van der Waals surface area contributed by atoms with Crippen LogP contribution < -0.4 is 0 Å². The smallest absolute Gasteiger partial charge is 0.0504 e. The van der Waals surface area contributed by atoms with Gasteiger partial charge in [0.05, 0.1) is 10.8 Å². The number of halogens is 2. The van der Waals surface area contributed by atoms with Crippen molar-refractivity contribution in [2.24, 2.45) is 0 Å². The summed E-state index contributed by atoms with van der Waals surface area (Å²) in [6, 6.07) is 17.8. The van der Waals surface area contributed by atoms with Crippen molar-refractivity contribution in [3.8, 4) is 11.1 Å². The van der Waals surface area contributed by atoms with Crippen LogP contribution in [-0.4, -0.2) is 10.5 Å². The molecule has 3 aromatic rings. The highest BCUT2D eigenvalue weighted by Crippen LogP contribution is 2.39. The van der Waals surface area contributed by atoms with Crippen LogP contribution in [0.4, 0.5) is 0 Å². The van der Waals surface area contributed by atoms with E-state index in [1.54, 1.807) is 6.26 Å². The average Bonchev–Trinajstić information content (AvgIpc) is 2.46. The van der Waals surface area contributed by atoms with E-state index in [0.717, 1.165) is 31.3 Å². The third kappa shape index (κ3) is 2.78. The number of hydrogen-bond acceptors (Lipinski definition) is 1. The fourth-order valence-corrected chi connectivity index (χ4v) is 4.16. The lowest BCUT2D eigenvalue weighted by Crippen LogP contribution is -1.94. The lowest BCUT2D eigenvalue weighted by Gasteiger charge is -2.13. The maximum atomic E-state index is 12.0. The molecule has 0 radical (unpaired) electrons. The highest BCUT2D eigenvalue weighted by molar-refractivity contribution is 9.10. The van der Waals surface area contributed by atoms with Crippen molar-refractivity contribution < 1.29 is 4.21 Å². The van der Waals surface area contributed by atoms with Gasteiger partial charge in [0, 0.05) is 31.8 Å². The molecule has 0 aliphatic carbocycles. The normalized spacial score (nSPS) is 12.5. The average molecular weight is 380 g/mol. The standard InChI is InChI=1S/C17H12BrClOS/c1-21(20)16-8-4-7-14(18)17(16)13-9-11-5-2-3-6-12(11)10-15(13)19/h2-10H,1H3. The molecule has 0 aliphatic rings. The second-order valence-electron chi connectivity index (χ2n) is 4.75. The third-order valence-electron chi connectivity index (χ3n) is 3.39. The fraction of sp³-hybridized carbons (Fsp3) is 0.0588. The maximum Gasteiger partial charge on any atom is 0.0504 e. The second kappa shape index (κ2) is 5.91. The Bertz CT molecular complexity index is 861. The summed E-state index contributed by atoms with van der Waals surface area (Å²) in [5.41, 5.74) is 1.79. The van der Waals surface area contributed by atoms with E-state index >= 15 is 0 Å². The molecule has 0 aromatic heterocycles. The molecular formula is C17H12BrClOS. The van der Waals surface area contributed by atoms with E-state index in [4.69, 9.17) is 11.6 Å². The molecule has 0 spiro atoms. The minimum atomic E-state index is -1.08. The first kappa shape index (κ1) is 14.8. The van der Waals surface area contributed by atoms with Gasteiger partial charge >= 0.3 is 0 Å². The Hall–Kier alpha value is -1.16. The molecule has 1 atom stereocenters. The molecule has 0 N–H and O–H groups in total. The third-order valence-corrected chi connectivity index (χ3v) is 5.32. The van der Waals surface area contributed by atoms with Crippen molar-refractivity contribution in [2.75, 3.05) is 6.26 Å². The highest BCUT2D eigenvalue weighted by Gasteiger charge is 2.15. The molecule has 0 heterocycles. The SMILES string of the molecule is CS(=O)c1cccc(Br)c1-c1cc2ccccc2cc1Cl. The number of rotatable bonds is 2. The van der Waals surface area contributed by atoms with Gasteiger partial charge in [-0.1, -0.05) is 57.9 Å². The molecule has 0 amide bonds. The summed E-state index contributed by atoms with van der Waals surface area (Å²) in [4.78, 5) is 0.779. The van der Waals surface area contributed by atoms with E-state index < -0.39 is 10.8 Å². The van der Waals surface area contributed by atoms with E-state index in [1.165, 1.54) is 0 Å². The Morgan fingerprint density at radius 1 is 1.00 bits per heavy atom. The fourth-order valence-electron chi connectivity index (χ4n) is 2.41. The van der Waals surface area contributed by atoms with Gasteiger partial charge in [-0.3, -0.25) is 4.21 Å². The van der Waals surface area contributed by atoms with Gasteiger partial charge in [-0.25, -0.2) is 0 Å². The summed E-state index contributed by atoms with van der Waals surface area (Å²) < 4.78 is 12.9. The van der Waals surface area contributed by atoms with Crippen molar-refractivity contribution in [2.45, 2.75) is 4.90 Å². The Morgan fingerprint density at radius 3 is 2.33 bits per heavy atom. The van der Waals surface area contributed by atoms with Crippen molar-refractivity contribution >= 4 is 49.1 Å². The molecule has 0 bridgehead atoms. The van der Waals surface area contributed by atoms with E-state index in [0.29, 0.717) is 5.02 Å². The predicted molar refractivity (Wildman–Crippen MR) is 94.4 cm³/mol. The quantitative estimate of drug-likeness (QED) is 0.561. The van der Waals surface area contributed by atoms with Gasteiger partial charge in [-0.05, 0) is 35.0 Å². The lowest BCUT2D eigenvalue weighted by atomic mass is 10.0. The predicted octanol–water partition coefficient (Wildman–Crippen LogP) is 5.66. The first-order valence-electron chi connectivity index (χ1n) is 6.38. The van der Waals surface area contributed by atoms with Gasteiger partial charge in [0.1, 0.15) is 0 Å². The summed E-state index contributed by atoms with van der Waals surface area (Å²) >= 11 is 10.0. The van der Waals surface area contributed by atoms with Gasteiger partial charge in [0.15, 0.2) is 0 Å². The van der Waals surface area contributed by atoms with Crippen LogP contribution in [0.2, 0.25) is 5.02 Å². The molecule has 3 rings (SSSR count). The second-order valence-corrected chi connectivity index (χ2v) is 7.36. The van der Waals surface area contributed by atoms with Crippen molar-refractivity contribution in [3.05, 3.63) is 64.1 Å². The van der Waals surface area contributed by atoms with Gasteiger partial charge in [0.25, 0.3) is 0 Å². The van der Waals surface area contributed by atoms with Crippen LogP contribution in [0.5, 0.6) is 0 Å². The van der Waals surface area contributed by atoms with Crippen molar-refractivity contribution in [1.29, 1.82) is 0 Å². The van der Waals surface area contributed by atoms with Gasteiger partial charge < -0.3 is 0 Å². The van der Waals surface area contributed by atoms with Crippen LogP contribution in [0, 0.1) is 0 Å². The lowest BCUT2D eigenvalue weighted by molar-refractivity contribution is 0.687. The van der Waals surface area contributed by atoms with Crippen molar-refractivity contribution in [3.63, 3.8) is 0 Å². The summed E-state index contributed by atoms with van der Waals surface area (Å²) in [5.74, 6) is 0. The van der Waals surface area contributed by atoms with E-state index in [-0.39, 0.29) is 0 Å². The molecule has 106 valence electrons. The molecule has 0 saturated heterocycles. The van der Waals surface area contributed by atoms with Crippen molar-refractivity contribution in [1.82, 2.24) is 0 Å². The number of fused-ring (bicyclic) bond motifs is 1. The molecule has 0 saturated carbocycles. The summed E-state index contributed by atoms with van der Waals surface area (Å²) in [5, 5.41) is 2.87. The molecule has 21 heavy (non-hydrogen) atoms. The zero-order chi connectivity index (χ0) is 15.0. The molecule has 0 fully saturated rings. The minimum Gasteiger partial charge on any atom is -0.255 e. The van der Waals surface area contributed by atoms with Gasteiger partial charge in [0.2, 0.25) is 0 Å².